The highest BCUT2D eigenvalue weighted by molar-refractivity contribution is 7.99. The first-order chi connectivity index (χ1) is 10.2. The van der Waals surface area contributed by atoms with Gasteiger partial charge in [-0.3, -0.25) is 4.79 Å². The van der Waals surface area contributed by atoms with Gasteiger partial charge >= 0.3 is 0 Å². The fraction of sp³-hybridized carbons (Fsp3) is 0.938. The number of carbonyl (C=O) groups is 1. The summed E-state index contributed by atoms with van der Waals surface area (Å²) in [5, 5.41) is 0. The van der Waals surface area contributed by atoms with E-state index in [2.05, 4.69) is 4.90 Å². The van der Waals surface area contributed by atoms with Gasteiger partial charge in [0.15, 0.2) is 0 Å². The molecule has 2 unspecified atom stereocenters. The zero-order valence-electron chi connectivity index (χ0n) is 12.9. The fourth-order valence-electron chi connectivity index (χ4n) is 3.86. The SMILES string of the molecule is NC1(C(=O)N(CC2CCCO2)C2CCSC2)CCCCC1. The minimum absolute atomic E-state index is 0.199. The highest BCUT2D eigenvalue weighted by Gasteiger charge is 2.42. The van der Waals surface area contributed by atoms with Gasteiger partial charge in [0, 0.05) is 24.9 Å². The minimum atomic E-state index is -0.607. The number of amides is 1. The fourth-order valence-corrected chi connectivity index (χ4v) is 5.08. The molecule has 0 aromatic rings. The maximum absolute atomic E-state index is 13.1. The van der Waals surface area contributed by atoms with Crippen LogP contribution < -0.4 is 5.73 Å². The summed E-state index contributed by atoms with van der Waals surface area (Å²) in [5.41, 5.74) is 5.90. The molecule has 120 valence electrons. The molecule has 3 fully saturated rings. The molecule has 1 amide bonds. The molecule has 1 aliphatic carbocycles. The largest absolute Gasteiger partial charge is 0.376 e. The molecule has 2 atom stereocenters. The number of rotatable bonds is 4. The van der Waals surface area contributed by atoms with Gasteiger partial charge in [-0.25, -0.2) is 0 Å². The van der Waals surface area contributed by atoms with Gasteiger partial charge in [0.05, 0.1) is 11.6 Å². The standard InChI is InChI=1S/C16H28N2O2S/c17-16(7-2-1-3-8-16)15(19)18(13-6-10-21-12-13)11-14-5-4-9-20-14/h13-14H,1-12,17H2. The number of nitrogens with zero attached hydrogens (tertiary/aromatic N) is 1. The molecule has 5 heteroatoms. The molecule has 3 rings (SSSR count). The van der Waals surface area contributed by atoms with E-state index >= 15 is 0 Å². The Hall–Kier alpha value is -0.260. The molecule has 1 saturated carbocycles. The Labute approximate surface area is 132 Å². The molecule has 21 heavy (non-hydrogen) atoms. The average molecular weight is 312 g/mol. The molecule has 0 spiro atoms. The number of nitrogens with two attached hydrogens (primary N) is 1. The molecule has 4 nitrogen and oxygen atoms in total. The van der Waals surface area contributed by atoms with Crippen LogP contribution in [0.15, 0.2) is 0 Å². The molecule has 3 aliphatic rings. The first-order valence-electron chi connectivity index (χ1n) is 8.48. The number of hydrogen-bond acceptors (Lipinski definition) is 4. The summed E-state index contributed by atoms with van der Waals surface area (Å²) in [7, 11) is 0. The van der Waals surface area contributed by atoms with E-state index in [-0.39, 0.29) is 12.0 Å². The number of ether oxygens (including phenoxy) is 1. The maximum Gasteiger partial charge on any atom is 0.243 e. The van der Waals surface area contributed by atoms with E-state index in [0.29, 0.717) is 6.04 Å². The number of carbonyl (C=O) groups excluding carboxylic acids is 1. The molecule has 2 heterocycles. The van der Waals surface area contributed by atoms with Crippen LogP contribution in [0.4, 0.5) is 0 Å². The molecular weight excluding hydrogens is 284 g/mol. The first kappa shape index (κ1) is 15.6. The Morgan fingerprint density at radius 3 is 2.67 bits per heavy atom. The third kappa shape index (κ3) is 3.57. The van der Waals surface area contributed by atoms with Crippen molar-refractivity contribution in [2.45, 2.75) is 69.1 Å². The minimum Gasteiger partial charge on any atom is -0.376 e. The molecule has 0 aromatic heterocycles. The van der Waals surface area contributed by atoms with Crippen LogP contribution in [0.25, 0.3) is 0 Å². The van der Waals surface area contributed by atoms with E-state index in [1.165, 1.54) is 6.42 Å². The van der Waals surface area contributed by atoms with Crippen LogP contribution in [0.2, 0.25) is 0 Å². The second-order valence-electron chi connectivity index (χ2n) is 6.83. The lowest BCUT2D eigenvalue weighted by Crippen LogP contribution is -2.59. The van der Waals surface area contributed by atoms with Gasteiger partial charge in [0.25, 0.3) is 0 Å². The molecule has 2 N–H and O–H groups in total. The van der Waals surface area contributed by atoms with Gasteiger partial charge in [0.1, 0.15) is 0 Å². The van der Waals surface area contributed by atoms with E-state index < -0.39 is 5.54 Å². The van der Waals surface area contributed by atoms with Crippen LogP contribution in [-0.4, -0.2) is 53.1 Å². The predicted octanol–water partition coefficient (Wildman–Crippen LogP) is 2.16. The highest BCUT2D eigenvalue weighted by Crippen LogP contribution is 2.31. The Morgan fingerprint density at radius 2 is 2.05 bits per heavy atom. The molecule has 0 aromatic carbocycles. The van der Waals surface area contributed by atoms with Crippen LogP contribution in [0.1, 0.15) is 51.4 Å². The van der Waals surface area contributed by atoms with E-state index in [4.69, 9.17) is 10.5 Å². The van der Waals surface area contributed by atoms with Gasteiger partial charge in [-0.15, -0.1) is 0 Å². The lowest BCUT2D eigenvalue weighted by atomic mass is 9.81. The van der Waals surface area contributed by atoms with Crippen molar-refractivity contribution in [3.05, 3.63) is 0 Å². The zero-order valence-corrected chi connectivity index (χ0v) is 13.7. The summed E-state index contributed by atoms with van der Waals surface area (Å²) in [4.78, 5) is 15.2. The Bertz CT molecular complexity index is 359. The second kappa shape index (κ2) is 6.88. The Balaban J connectivity index is 1.71. The topological polar surface area (TPSA) is 55.6 Å². The van der Waals surface area contributed by atoms with E-state index in [1.807, 2.05) is 11.8 Å². The summed E-state index contributed by atoms with van der Waals surface area (Å²) < 4.78 is 5.77. The third-order valence-electron chi connectivity index (χ3n) is 5.20. The van der Waals surface area contributed by atoms with Crippen molar-refractivity contribution in [1.29, 1.82) is 0 Å². The van der Waals surface area contributed by atoms with Gasteiger partial charge in [0.2, 0.25) is 5.91 Å². The quantitative estimate of drug-likeness (QED) is 0.864. The van der Waals surface area contributed by atoms with Crippen molar-refractivity contribution in [2.75, 3.05) is 24.7 Å². The van der Waals surface area contributed by atoms with Gasteiger partial charge < -0.3 is 15.4 Å². The highest BCUT2D eigenvalue weighted by atomic mass is 32.2. The van der Waals surface area contributed by atoms with E-state index in [1.54, 1.807) is 0 Å². The normalized spacial score (nSPS) is 32.2. The van der Waals surface area contributed by atoms with Gasteiger partial charge in [-0.05, 0) is 37.9 Å². The lowest BCUT2D eigenvalue weighted by molar-refractivity contribution is -0.142. The zero-order chi connectivity index (χ0) is 14.7. The summed E-state index contributed by atoms with van der Waals surface area (Å²) in [6, 6.07) is 0.369. The van der Waals surface area contributed by atoms with Crippen LogP contribution in [0, 0.1) is 0 Å². The predicted molar refractivity (Wildman–Crippen MR) is 86.4 cm³/mol. The summed E-state index contributed by atoms with van der Waals surface area (Å²) in [6.07, 6.45) is 8.66. The lowest BCUT2D eigenvalue weighted by Gasteiger charge is -2.40. The molecule has 2 aliphatic heterocycles. The van der Waals surface area contributed by atoms with Crippen molar-refractivity contribution >= 4 is 17.7 Å². The van der Waals surface area contributed by atoms with Crippen LogP contribution >= 0.6 is 11.8 Å². The van der Waals surface area contributed by atoms with Crippen molar-refractivity contribution < 1.29 is 9.53 Å². The maximum atomic E-state index is 13.1. The van der Waals surface area contributed by atoms with Crippen LogP contribution in [0.3, 0.4) is 0 Å². The molecular formula is C16H28N2O2S. The van der Waals surface area contributed by atoms with E-state index in [9.17, 15) is 4.79 Å². The Morgan fingerprint density at radius 1 is 1.24 bits per heavy atom. The smallest absolute Gasteiger partial charge is 0.243 e. The second-order valence-corrected chi connectivity index (χ2v) is 7.98. The van der Waals surface area contributed by atoms with Gasteiger partial charge in [-0.1, -0.05) is 19.3 Å². The van der Waals surface area contributed by atoms with Crippen LogP contribution in [0.5, 0.6) is 0 Å². The number of thioether (sulfide) groups is 1. The molecule has 0 bridgehead atoms. The monoisotopic (exact) mass is 312 g/mol. The van der Waals surface area contributed by atoms with Crippen molar-refractivity contribution in [3.8, 4) is 0 Å². The Kier molecular flexibility index (Phi) is 5.12. The van der Waals surface area contributed by atoms with Crippen molar-refractivity contribution in [3.63, 3.8) is 0 Å². The average Bonchev–Trinajstić information content (AvgIpc) is 3.18. The van der Waals surface area contributed by atoms with Crippen LogP contribution in [-0.2, 0) is 9.53 Å². The summed E-state index contributed by atoms with van der Waals surface area (Å²) in [5.74, 6) is 2.43. The van der Waals surface area contributed by atoms with E-state index in [0.717, 1.165) is 69.6 Å². The third-order valence-corrected chi connectivity index (χ3v) is 6.35. The molecule has 0 radical (unpaired) electrons. The van der Waals surface area contributed by atoms with Crippen molar-refractivity contribution in [2.24, 2.45) is 5.73 Å². The van der Waals surface area contributed by atoms with Gasteiger partial charge in [-0.2, -0.15) is 11.8 Å². The number of hydrogen-bond donors (Lipinski definition) is 1. The first-order valence-corrected chi connectivity index (χ1v) is 9.64. The summed E-state index contributed by atoms with van der Waals surface area (Å²) in [6.45, 7) is 1.60. The molecule has 2 saturated heterocycles. The van der Waals surface area contributed by atoms with Crippen molar-refractivity contribution in [1.82, 2.24) is 4.90 Å². The summed E-state index contributed by atoms with van der Waals surface area (Å²) >= 11 is 1.96.